The Morgan fingerprint density at radius 1 is 1.26 bits per heavy atom. The van der Waals surface area contributed by atoms with E-state index in [9.17, 15) is 9.18 Å². The fraction of sp³-hybridized carbons (Fsp3) is 0.320. The minimum atomic E-state index is -0.435. The first-order valence-corrected chi connectivity index (χ1v) is 11.5. The number of aromatic nitrogens is 3. The fourth-order valence-corrected chi connectivity index (χ4v) is 4.06. The lowest BCUT2D eigenvalue weighted by molar-refractivity contribution is -0.126. The molecule has 1 aromatic carbocycles. The lowest BCUT2D eigenvalue weighted by Crippen LogP contribution is -2.35. The smallest absolute Gasteiger partial charge is 0.230 e. The summed E-state index contributed by atoms with van der Waals surface area (Å²) in [6.07, 6.45) is 9.13. The number of rotatable bonds is 8. The highest BCUT2D eigenvalue weighted by Gasteiger charge is 2.34. The molecule has 2 heterocycles. The molecular formula is C25H28FN7O2. The molecule has 1 saturated carbocycles. The van der Waals surface area contributed by atoms with Crippen molar-refractivity contribution in [1.29, 1.82) is 5.41 Å². The van der Waals surface area contributed by atoms with E-state index < -0.39 is 5.41 Å². The van der Waals surface area contributed by atoms with Crippen LogP contribution in [0.2, 0.25) is 0 Å². The van der Waals surface area contributed by atoms with Crippen molar-refractivity contribution < 1.29 is 13.7 Å². The number of nitrogen functional groups attached to an aromatic ring is 1. The van der Waals surface area contributed by atoms with E-state index in [4.69, 9.17) is 15.7 Å². The summed E-state index contributed by atoms with van der Waals surface area (Å²) >= 11 is 0. The second kappa shape index (κ2) is 10.5. The number of hydrogen-bond acceptors (Lipinski definition) is 8. The Balaban J connectivity index is 1.50. The van der Waals surface area contributed by atoms with Crippen LogP contribution in [0, 0.1) is 16.6 Å². The van der Waals surface area contributed by atoms with Crippen molar-refractivity contribution in [3.8, 4) is 0 Å². The van der Waals surface area contributed by atoms with Crippen molar-refractivity contribution in [2.45, 2.75) is 45.6 Å². The molecule has 182 valence electrons. The van der Waals surface area contributed by atoms with Gasteiger partial charge in [-0.25, -0.2) is 14.4 Å². The normalized spacial score (nSPS) is 15.4. The van der Waals surface area contributed by atoms with Gasteiger partial charge in [-0.15, -0.1) is 0 Å². The maximum Gasteiger partial charge on any atom is 0.230 e. The van der Waals surface area contributed by atoms with E-state index in [0.717, 1.165) is 32.1 Å². The van der Waals surface area contributed by atoms with E-state index in [1.165, 1.54) is 24.6 Å². The molecule has 4 rings (SSSR count). The number of anilines is 2. The van der Waals surface area contributed by atoms with E-state index >= 15 is 0 Å². The summed E-state index contributed by atoms with van der Waals surface area (Å²) in [5.74, 6) is -0.299. The Bertz CT molecular complexity index is 1230. The van der Waals surface area contributed by atoms with Crippen LogP contribution in [0.5, 0.6) is 0 Å². The van der Waals surface area contributed by atoms with Crippen molar-refractivity contribution in [3.05, 3.63) is 71.8 Å². The monoisotopic (exact) mass is 477 g/mol. The molecule has 10 heteroatoms. The van der Waals surface area contributed by atoms with Crippen LogP contribution in [0.1, 0.15) is 56.1 Å². The van der Waals surface area contributed by atoms with Crippen LogP contribution in [-0.4, -0.2) is 26.7 Å². The highest BCUT2D eigenvalue weighted by molar-refractivity contribution is 6.08. The van der Waals surface area contributed by atoms with Gasteiger partial charge >= 0.3 is 0 Å². The number of hydrogen-bond donors (Lipinski definition) is 4. The van der Waals surface area contributed by atoms with Crippen LogP contribution in [0.4, 0.5) is 15.9 Å². The molecule has 2 aromatic heterocycles. The van der Waals surface area contributed by atoms with Crippen molar-refractivity contribution >= 4 is 28.8 Å². The summed E-state index contributed by atoms with van der Waals surface area (Å²) < 4.78 is 18.9. The van der Waals surface area contributed by atoms with E-state index in [0.29, 0.717) is 22.6 Å². The first kappa shape index (κ1) is 24.1. The zero-order valence-corrected chi connectivity index (χ0v) is 19.5. The SMILES string of the molecule is CC1(C(=O)Nc2cnc(C(=N)/C=C(\NCc3ccccc3F)c3ccon3)nc2N)CCCCC1. The maximum atomic E-state index is 14.0. The quantitative estimate of drug-likeness (QED) is 0.354. The Hall–Kier alpha value is -4.08. The number of allylic oxidation sites excluding steroid dienone is 1. The molecule has 0 radical (unpaired) electrons. The Morgan fingerprint density at radius 3 is 2.71 bits per heavy atom. The summed E-state index contributed by atoms with van der Waals surface area (Å²) in [5.41, 5.74) is 7.24. The van der Waals surface area contributed by atoms with Crippen LogP contribution in [0.15, 0.2) is 53.4 Å². The third kappa shape index (κ3) is 5.71. The summed E-state index contributed by atoms with van der Waals surface area (Å²) in [6.45, 7) is 2.14. The maximum absolute atomic E-state index is 14.0. The molecule has 0 spiro atoms. The van der Waals surface area contributed by atoms with E-state index in [1.54, 1.807) is 24.3 Å². The topological polar surface area (TPSA) is 143 Å². The summed E-state index contributed by atoms with van der Waals surface area (Å²) in [5, 5.41) is 18.3. The molecular weight excluding hydrogens is 449 g/mol. The first-order chi connectivity index (χ1) is 16.9. The molecule has 1 aliphatic carbocycles. The van der Waals surface area contributed by atoms with Crippen LogP contribution >= 0.6 is 0 Å². The highest BCUT2D eigenvalue weighted by Crippen LogP contribution is 2.37. The molecule has 0 bridgehead atoms. The Morgan fingerprint density at radius 2 is 2.03 bits per heavy atom. The van der Waals surface area contributed by atoms with Gasteiger partial charge in [0.1, 0.15) is 29.2 Å². The summed E-state index contributed by atoms with van der Waals surface area (Å²) in [6, 6.07) is 8.02. The lowest BCUT2D eigenvalue weighted by Gasteiger charge is -2.32. The average Bonchev–Trinajstić information content (AvgIpc) is 3.39. The molecule has 1 aliphatic rings. The van der Waals surface area contributed by atoms with Gasteiger partial charge in [0.2, 0.25) is 5.91 Å². The average molecular weight is 478 g/mol. The van der Waals surface area contributed by atoms with Gasteiger partial charge in [0, 0.05) is 23.6 Å². The van der Waals surface area contributed by atoms with Gasteiger partial charge in [-0.2, -0.15) is 0 Å². The highest BCUT2D eigenvalue weighted by atomic mass is 19.1. The van der Waals surface area contributed by atoms with E-state index in [1.807, 2.05) is 6.92 Å². The number of amides is 1. The fourth-order valence-electron chi connectivity index (χ4n) is 4.06. The molecule has 9 nitrogen and oxygen atoms in total. The van der Waals surface area contributed by atoms with Gasteiger partial charge in [0.25, 0.3) is 0 Å². The van der Waals surface area contributed by atoms with Gasteiger partial charge in [-0.1, -0.05) is 49.5 Å². The van der Waals surface area contributed by atoms with Gasteiger partial charge in [0.05, 0.1) is 11.9 Å². The Kier molecular flexibility index (Phi) is 7.19. The third-order valence-corrected chi connectivity index (χ3v) is 6.24. The van der Waals surface area contributed by atoms with E-state index in [-0.39, 0.29) is 35.6 Å². The predicted molar refractivity (Wildman–Crippen MR) is 131 cm³/mol. The van der Waals surface area contributed by atoms with Crippen molar-refractivity contribution in [2.24, 2.45) is 5.41 Å². The largest absolute Gasteiger partial charge is 0.382 e. The Labute approximate surface area is 202 Å². The van der Waals surface area contributed by atoms with Crippen molar-refractivity contribution in [3.63, 3.8) is 0 Å². The summed E-state index contributed by atoms with van der Waals surface area (Å²) in [7, 11) is 0. The molecule has 0 aliphatic heterocycles. The van der Waals surface area contributed by atoms with Crippen LogP contribution in [-0.2, 0) is 11.3 Å². The molecule has 3 aromatic rings. The minimum absolute atomic E-state index is 0.0483. The van der Waals surface area contributed by atoms with Gasteiger partial charge in [0.15, 0.2) is 11.6 Å². The van der Waals surface area contributed by atoms with Gasteiger partial charge in [-0.3, -0.25) is 10.2 Å². The lowest BCUT2D eigenvalue weighted by atomic mass is 9.75. The second-order valence-electron chi connectivity index (χ2n) is 8.87. The summed E-state index contributed by atoms with van der Waals surface area (Å²) in [4.78, 5) is 21.3. The number of nitrogens with one attached hydrogen (secondary N) is 3. The van der Waals surface area contributed by atoms with Crippen LogP contribution in [0.3, 0.4) is 0 Å². The number of nitrogens with zero attached hydrogens (tertiary/aromatic N) is 3. The molecule has 1 amide bonds. The first-order valence-electron chi connectivity index (χ1n) is 11.5. The predicted octanol–water partition coefficient (Wildman–Crippen LogP) is 4.29. The zero-order valence-electron chi connectivity index (χ0n) is 19.5. The minimum Gasteiger partial charge on any atom is -0.382 e. The molecule has 0 atom stereocenters. The van der Waals surface area contributed by atoms with Crippen molar-refractivity contribution in [1.82, 2.24) is 20.4 Å². The van der Waals surface area contributed by atoms with Crippen LogP contribution < -0.4 is 16.4 Å². The molecule has 0 unspecified atom stereocenters. The zero-order chi connectivity index (χ0) is 24.8. The number of nitrogens with two attached hydrogens (primary N) is 1. The molecule has 1 fully saturated rings. The van der Waals surface area contributed by atoms with Gasteiger partial charge in [-0.05, 0) is 25.0 Å². The van der Waals surface area contributed by atoms with Crippen molar-refractivity contribution in [2.75, 3.05) is 11.1 Å². The molecule has 5 N–H and O–H groups in total. The standard InChI is InChI=1S/C25H28FN7O2/c1-25(10-5-2-6-11-25)24(34)31-21-15-30-23(32-22(21)28)18(27)13-20(19-9-12-35-33-19)29-14-16-7-3-4-8-17(16)26/h3-4,7-9,12-13,15,27,29H,2,5-6,10-11,14H2,1H3,(H,31,34)(H2,28,30,32)/b20-13-,27-18?. The second-order valence-corrected chi connectivity index (χ2v) is 8.87. The third-order valence-electron chi connectivity index (χ3n) is 6.24. The number of benzene rings is 1. The number of halogens is 1. The molecule has 35 heavy (non-hydrogen) atoms. The number of carbonyl (C=O) groups excluding carboxylic acids is 1. The van der Waals surface area contributed by atoms with Crippen LogP contribution in [0.25, 0.3) is 5.70 Å². The van der Waals surface area contributed by atoms with Gasteiger partial charge < -0.3 is 20.9 Å². The number of carbonyl (C=O) groups is 1. The van der Waals surface area contributed by atoms with E-state index in [2.05, 4.69) is 25.8 Å². The molecule has 0 saturated heterocycles.